The summed E-state index contributed by atoms with van der Waals surface area (Å²) < 4.78 is 18.0. The van der Waals surface area contributed by atoms with Crippen molar-refractivity contribution < 1.29 is 28.6 Å². The molecule has 1 aromatic heterocycles. The van der Waals surface area contributed by atoms with Crippen molar-refractivity contribution in [1.29, 1.82) is 0 Å². The number of rotatable bonds is 10. The highest BCUT2D eigenvalue weighted by Crippen LogP contribution is 2.36. The van der Waals surface area contributed by atoms with Crippen molar-refractivity contribution in [2.45, 2.75) is 38.4 Å². The van der Waals surface area contributed by atoms with E-state index in [1.165, 1.54) is 0 Å². The maximum Gasteiger partial charge on any atom is 0.286 e. The third kappa shape index (κ3) is 7.06. The van der Waals surface area contributed by atoms with Crippen LogP contribution < -0.4 is 16.4 Å². The lowest BCUT2D eigenvalue weighted by atomic mass is 9.92. The fraction of sp³-hybridized carbons (Fsp3) is 0.167. The van der Waals surface area contributed by atoms with Crippen LogP contribution in [-0.4, -0.2) is 23.2 Å². The Balaban J connectivity index is 1.13. The van der Waals surface area contributed by atoms with Gasteiger partial charge in [0.2, 0.25) is 6.29 Å². The predicted molar refractivity (Wildman–Crippen MR) is 171 cm³/mol. The van der Waals surface area contributed by atoms with Crippen molar-refractivity contribution >= 4 is 34.2 Å². The van der Waals surface area contributed by atoms with Gasteiger partial charge in [-0.15, -0.1) is 0 Å². The molecular formula is C36H33N3O6. The number of hydrogen-bond donors (Lipinski definition) is 4. The van der Waals surface area contributed by atoms with Gasteiger partial charge in [-0.1, -0.05) is 66.7 Å². The largest absolute Gasteiger partial charge is 0.464 e. The molecule has 6 rings (SSSR count). The first-order valence-electron chi connectivity index (χ1n) is 14.6. The van der Waals surface area contributed by atoms with Crippen LogP contribution in [0.25, 0.3) is 11.0 Å². The van der Waals surface area contributed by atoms with Crippen LogP contribution in [-0.2, 0) is 34.0 Å². The Morgan fingerprint density at radius 1 is 0.867 bits per heavy atom. The summed E-state index contributed by atoms with van der Waals surface area (Å²) in [6, 6.07) is 29.3. The number of anilines is 2. The minimum Gasteiger partial charge on any atom is -0.464 e. The van der Waals surface area contributed by atoms with E-state index >= 15 is 0 Å². The number of carbonyl (C=O) groups excluding carboxylic acids is 2. The molecule has 0 fully saturated rings. The first-order chi connectivity index (χ1) is 22.0. The minimum atomic E-state index is -0.677. The first kappa shape index (κ1) is 29.7. The van der Waals surface area contributed by atoms with Crippen molar-refractivity contribution in [1.82, 2.24) is 5.32 Å². The fourth-order valence-electron chi connectivity index (χ4n) is 5.20. The van der Waals surface area contributed by atoms with E-state index in [9.17, 15) is 14.7 Å². The third-order valence-corrected chi connectivity index (χ3v) is 7.71. The maximum atomic E-state index is 13.4. The smallest absolute Gasteiger partial charge is 0.286 e. The molecule has 228 valence electrons. The number of nitrogens with two attached hydrogens (primary N) is 1. The molecule has 4 aromatic carbocycles. The van der Waals surface area contributed by atoms with Gasteiger partial charge in [-0.05, 0) is 53.1 Å². The van der Waals surface area contributed by atoms with Gasteiger partial charge in [-0.2, -0.15) is 0 Å². The average molecular weight is 604 g/mol. The van der Waals surface area contributed by atoms with Crippen LogP contribution in [0.3, 0.4) is 0 Å². The summed E-state index contributed by atoms with van der Waals surface area (Å²) in [4.78, 5) is 26.0. The highest BCUT2D eigenvalue weighted by molar-refractivity contribution is 6.05. The van der Waals surface area contributed by atoms with Gasteiger partial charge in [0.1, 0.15) is 5.58 Å². The molecule has 5 N–H and O–H groups in total. The van der Waals surface area contributed by atoms with E-state index in [1.807, 2.05) is 54.6 Å². The Bertz CT molecular complexity index is 1830. The number of ether oxygens (including phenoxy) is 2. The van der Waals surface area contributed by atoms with E-state index in [1.54, 1.807) is 54.8 Å². The molecule has 9 nitrogen and oxygen atoms in total. The van der Waals surface area contributed by atoms with E-state index in [0.717, 1.165) is 33.2 Å². The molecule has 0 saturated heterocycles. The Hall–Kier alpha value is -5.38. The van der Waals surface area contributed by atoms with Crippen molar-refractivity contribution in [3.63, 3.8) is 0 Å². The number of benzene rings is 4. The van der Waals surface area contributed by atoms with Crippen LogP contribution in [0.2, 0.25) is 0 Å². The summed E-state index contributed by atoms with van der Waals surface area (Å²) in [6.07, 6.45) is 3.35. The van der Waals surface area contributed by atoms with Crippen LogP contribution in [0.1, 0.15) is 45.0 Å². The number of nitrogens with one attached hydrogen (secondary N) is 2. The van der Waals surface area contributed by atoms with Crippen LogP contribution in [0.15, 0.2) is 120 Å². The van der Waals surface area contributed by atoms with Gasteiger partial charge in [0.25, 0.3) is 11.8 Å². The fourth-order valence-corrected chi connectivity index (χ4v) is 5.20. The number of carbonyl (C=O) groups is 2. The number of nitrogen functional groups attached to an aromatic ring is 1. The molecule has 2 atom stereocenters. The second-order valence-corrected chi connectivity index (χ2v) is 10.8. The SMILES string of the molecule is Nc1ccccc1NC(=O)c1ccc(CNC(=O)C2=C[C@@H](c3coc4ccccc34)C[C@@H](OCc3ccc(CO)cc3)O2)cc1. The second kappa shape index (κ2) is 13.5. The number of hydrogen-bond acceptors (Lipinski definition) is 7. The molecule has 9 heteroatoms. The van der Waals surface area contributed by atoms with Crippen LogP contribution in [0, 0.1) is 0 Å². The van der Waals surface area contributed by atoms with E-state index in [2.05, 4.69) is 10.6 Å². The summed E-state index contributed by atoms with van der Waals surface area (Å²) in [5.41, 5.74) is 11.7. The predicted octanol–water partition coefficient (Wildman–Crippen LogP) is 6.01. The standard InChI is InChI=1S/C36H33N3O6/c37-30-6-2-3-7-31(30)39-35(41)26-15-13-23(14-16-26)19-38-36(42)33-17-27(29-22-43-32-8-4-1-5-28(29)32)18-34(45-33)44-21-25-11-9-24(20-40)10-12-25/h1-17,22,27,34,40H,18-21,37H2,(H,38,42)(H,39,41)/t27-,34+/m1/s1. The zero-order valence-electron chi connectivity index (χ0n) is 24.4. The number of aliphatic hydroxyl groups excluding tert-OH is 1. The van der Waals surface area contributed by atoms with E-state index in [4.69, 9.17) is 19.6 Å². The molecule has 1 aliphatic heterocycles. The lowest BCUT2D eigenvalue weighted by Gasteiger charge is -2.29. The quantitative estimate of drug-likeness (QED) is 0.144. The summed E-state index contributed by atoms with van der Waals surface area (Å²) in [6.45, 7) is 0.482. The zero-order valence-corrected chi connectivity index (χ0v) is 24.4. The molecule has 0 bridgehead atoms. The van der Waals surface area contributed by atoms with Gasteiger partial charge < -0.3 is 35.4 Å². The zero-order chi connectivity index (χ0) is 31.2. The topological polar surface area (TPSA) is 136 Å². The lowest BCUT2D eigenvalue weighted by Crippen LogP contribution is -2.32. The molecule has 5 aromatic rings. The molecule has 2 heterocycles. The summed E-state index contributed by atoms with van der Waals surface area (Å²) in [5, 5.41) is 16.0. The highest BCUT2D eigenvalue weighted by Gasteiger charge is 2.30. The van der Waals surface area contributed by atoms with Gasteiger partial charge in [0, 0.05) is 35.4 Å². The van der Waals surface area contributed by atoms with E-state index in [0.29, 0.717) is 23.4 Å². The van der Waals surface area contributed by atoms with Crippen LogP contribution in [0.4, 0.5) is 11.4 Å². The molecule has 0 radical (unpaired) electrons. The van der Waals surface area contributed by atoms with Crippen LogP contribution in [0.5, 0.6) is 0 Å². The molecule has 0 spiro atoms. The molecule has 0 unspecified atom stereocenters. The van der Waals surface area contributed by atoms with Gasteiger partial charge in [-0.25, -0.2) is 0 Å². The molecule has 0 saturated carbocycles. The highest BCUT2D eigenvalue weighted by atomic mass is 16.7. The molecule has 2 amide bonds. The number of furan rings is 1. The molecular weight excluding hydrogens is 570 g/mol. The second-order valence-electron chi connectivity index (χ2n) is 10.8. The van der Waals surface area contributed by atoms with Crippen molar-refractivity contribution in [3.05, 3.63) is 143 Å². The summed E-state index contributed by atoms with van der Waals surface area (Å²) >= 11 is 0. The number of allylic oxidation sites excluding steroid dienone is 1. The number of amides is 2. The first-order valence-corrected chi connectivity index (χ1v) is 14.6. The van der Waals surface area contributed by atoms with Gasteiger partial charge in [0.05, 0.1) is 30.9 Å². The van der Waals surface area contributed by atoms with Gasteiger partial charge in [-0.3, -0.25) is 9.59 Å². The number of aliphatic hydroxyl groups is 1. The number of fused-ring (bicyclic) bond motifs is 1. The molecule has 1 aliphatic rings. The number of para-hydroxylation sites is 3. The Morgan fingerprint density at radius 3 is 2.36 bits per heavy atom. The van der Waals surface area contributed by atoms with Gasteiger partial charge in [0.15, 0.2) is 5.76 Å². The third-order valence-electron chi connectivity index (χ3n) is 7.71. The summed E-state index contributed by atoms with van der Waals surface area (Å²) in [5.74, 6) is -0.679. The lowest BCUT2D eigenvalue weighted by molar-refractivity contribution is -0.150. The van der Waals surface area contributed by atoms with E-state index in [-0.39, 0.29) is 43.2 Å². The minimum absolute atomic E-state index is 0.0280. The molecule has 0 aliphatic carbocycles. The van der Waals surface area contributed by atoms with Crippen molar-refractivity contribution in [2.75, 3.05) is 11.1 Å². The Labute approximate surface area is 260 Å². The monoisotopic (exact) mass is 603 g/mol. The maximum absolute atomic E-state index is 13.4. The normalized spacial score (nSPS) is 16.1. The Kier molecular flexibility index (Phi) is 8.91. The van der Waals surface area contributed by atoms with Crippen molar-refractivity contribution in [3.8, 4) is 0 Å². The van der Waals surface area contributed by atoms with Gasteiger partial charge >= 0.3 is 0 Å². The molecule has 45 heavy (non-hydrogen) atoms. The summed E-state index contributed by atoms with van der Waals surface area (Å²) in [7, 11) is 0. The van der Waals surface area contributed by atoms with Crippen molar-refractivity contribution in [2.24, 2.45) is 0 Å². The van der Waals surface area contributed by atoms with E-state index < -0.39 is 6.29 Å². The Morgan fingerprint density at radius 2 is 1.58 bits per heavy atom. The average Bonchev–Trinajstić information content (AvgIpc) is 3.52. The van der Waals surface area contributed by atoms with Crippen LogP contribution >= 0.6 is 0 Å².